The van der Waals surface area contributed by atoms with Crippen molar-refractivity contribution in [3.05, 3.63) is 48.3 Å². The Labute approximate surface area is 106 Å². The maximum Gasteiger partial charge on any atom is 0.503 e. The number of hydrogen-bond acceptors (Lipinski definition) is 3. The number of rotatable bonds is 2. The average molecular weight is 254 g/mol. The monoisotopic (exact) mass is 254 g/mol. The lowest BCUT2D eigenvalue weighted by atomic mass is 10.2. The summed E-state index contributed by atoms with van der Waals surface area (Å²) >= 11 is 0. The van der Waals surface area contributed by atoms with Gasteiger partial charge in [0.2, 0.25) is 0 Å². The zero-order valence-corrected chi connectivity index (χ0v) is 10.2. The first-order valence-electron chi connectivity index (χ1n) is 5.16. The smallest absolute Gasteiger partial charge is 0.450 e. The van der Waals surface area contributed by atoms with E-state index in [-0.39, 0.29) is 5.48 Å². The number of nitrogens with zero attached hydrogens (tertiary/aromatic N) is 2. The molecule has 0 unspecified atom stereocenters. The van der Waals surface area contributed by atoms with Crippen LogP contribution in [-0.4, -0.2) is 45.4 Å². The van der Waals surface area contributed by atoms with Crippen molar-refractivity contribution in [1.82, 2.24) is 9.80 Å². The van der Waals surface area contributed by atoms with Gasteiger partial charge in [0.25, 0.3) is 0 Å². The number of hydrogen-bond donors (Lipinski definition) is 2. The van der Waals surface area contributed by atoms with Gasteiger partial charge >= 0.3 is 6.16 Å². The molecule has 0 saturated carbocycles. The van der Waals surface area contributed by atoms with Gasteiger partial charge in [-0.3, -0.25) is 0 Å². The maximum atomic E-state index is 8.56. The quantitative estimate of drug-likeness (QED) is 0.828. The second-order valence-corrected chi connectivity index (χ2v) is 3.71. The van der Waals surface area contributed by atoms with Crippen molar-refractivity contribution in [2.75, 3.05) is 13.7 Å². The zero-order valence-electron chi connectivity index (χ0n) is 10.2. The van der Waals surface area contributed by atoms with E-state index in [1.807, 2.05) is 0 Å². The van der Waals surface area contributed by atoms with Gasteiger partial charge in [-0.1, -0.05) is 30.3 Å². The number of benzene rings is 1. The molecular formula is C12H18N2O4. The number of carbonyl (C=O) groups is 1. The lowest BCUT2D eigenvalue weighted by Gasteiger charge is -2.17. The Kier molecular flexibility index (Phi) is 6.99. The summed E-state index contributed by atoms with van der Waals surface area (Å²) in [6.07, 6.45) is 2.40. The van der Waals surface area contributed by atoms with Crippen LogP contribution in [0.2, 0.25) is 0 Å². The Morgan fingerprint density at radius 3 is 2.22 bits per heavy atom. The van der Waals surface area contributed by atoms with Crippen molar-refractivity contribution in [3.63, 3.8) is 0 Å². The highest BCUT2D eigenvalue weighted by Gasteiger charge is 2.07. The molecule has 18 heavy (non-hydrogen) atoms. The van der Waals surface area contributed by atoms with Crippen LogP contribution in [0, 0.1) is 0 Å². The van der Waals surface area contributed by atoms with Crippen molar-refractivity contribution in [3.8, 4) is 0 Å². The van der Waals surface area contributed by atoms with Crippen LogP contribution < -0.4 is 0 Å². The molecule has 4 N–H and O–H groups in total. The Balaban J connectivity index is 0.000000512. The van der Waals surface area contributed by atoms with Gasteiger partial charge in [-0.2, -0.15) is 0 Å². The molecule has 2 rings (SSSR count). The first-order chi connectivity index (χ1) is 8.08. The van der Waals surface area contributed by atoms with E-state index in [2.05, 4.69) is 59.6 Å². The SMILES string of the molecule is CN1C=CN(Cc2ccccc2)C1.O.O=C(O)O. The van der Waals surface area contributed by atoms with Crippen LogP contribution in [0.5, 0.6) is 0 Å². The highest BCUT2D eigenvalue weighted by Crippen LogP contribution is 2.09. The largest absolute Gasteiger partial charge is 0.503 e. The predicted molar refractivity (Wildman–Crippen MR) is 68.0 cm³/mol. The molecule has 1 aromatic carbocycles. The van der Waals surface area contributed by atoms with Gasteiger partial charge in [0, 0.05) is 26.0 Å². The molecule has 0 bridgehead atoms. The van der Waals surface area contributed by atoms with Crippen LogP contribution in [0.4, 0.5) is 4.79 Å². The molecule has 0 atom stereocenters. The summed E-state index contributed by atoms with van der Waals surface area (Å²) in [7, 11) is 2.08. The van der Waals surface area contributed by atoms with E-state index in [0.717, 1.165) is 13.2 Å². The van der Waals surface area contributed by atoms with Crippen LogP contribution in [0.25, 0.3) is 0 Å². The van der Waals surface area contributed by atoms with E-state index >= 15 is 0 Å². The van der Waals surface area contributed by atoms with Crippen molar-refractivity contribution in [2.24, 2.45) is 0 Å². The van der Waals surface area contributed by atoms with E-state index in [1.54, 1.807) is 0 Å². The van der Waals surface area contributed by atoms with Crippen LogP contribution in [0.3, 0.4) is 0 Å². The first-order valence-corrected chi connectivity index (χ1v) is 5.16. The molecule has 0 spiro atoms. The molecule has 0 amide bonds. The van der Waals surface area contributed by atoms with E-state index in [9.17, 15) is 0 Å². The zero-order chi connectivity index (χ0) is 12.7. The molecule has 6 heteroatoms. The second-order valence-electron chi connectivity index (χ2n) is 3.71. The van der Waals surface area contributed by atoms with Gasteiger partial charge in [-0.25, -0.2) is 4.79 Å². The summed E-state index contributed by atoms with van der Waals surface area (Å²) in [6, 6.07) is 10.5. The summed E-state index contributed by atoms with van der Waals surface area (Å²) in [5.74, 6) is 0. The average Bonchev–Trinajstić information content (AvgIpc) is 2.65. The fraction of sp³-hybridized carbons (Fsp3) is 0.250. The molecule has 0 fully saturated rings. The Morgan fingerprint density at radius 1 is 1.22 bits per heavy atom. The third-order valence-corrected chi connectivity index (χ3v) is 2.17. The van der Waals surface area contributed by atoms with Gasteiger partial charge in [0.1, 0.15) is 0 Å². The van der Waals surface area contributed by atoms with Crippen molar-refractivity contribution < 1.29 is 20.5 Å². The van der Waals surface area contributed by atoms with Gasteiger partial charge < -0.3 is 25.5 Å². The molecule has 0 aliphatic carbocycles. The maximum absolute atomic E-state index is 8.56. The Hall–Kier alpha value is -2.21. The van der Waals surface area contributed by atoms with E-state index in [0.29, 0.717) is 0 Å². The molecule has 0 saturated heterocycles. The molecule has 100 valence electrons. The van der Waals surface area contributed by atoms with Gasteiger partial charge in [-0.15, -0.1) is 0 Å². The molecule has 1 aromatic rings. The van der Waals surface area contributed by atoms with Crippen LogP contribution in [0.1, 0.15) is 5.56 Å². The molecular weight excluding hydrogens is 236 g/mol. The normalized spacial score (nSPS) is 12.5. The van der Waals surface area contributed by atoms with Crippen molar-refractivity contribution >= 4 is 6.16 Å². The summed E-state index contributed by atoms with van der Waals surface area (Å²) in [4.78, 5) is 13.0. The fourth-order valence-electron chi connectivity index (χ4n) is 1.51. The summed E-state index contributed by atoms with van der Waals surface area (Å²) < 4.78 is 0. The Morgan fingerprint density at radius 2 is 1.78 bits per heavy atom. The molecule has 1 aliphatic heterocycles. The topological polar surface area (TPSA) is 95.5 Å². The van der Waals surface area contributed by atoms with Gasteiger partial charge in [0.05, 0.1) is 6.67 Å². The third kappa shape index (κ3) is 6.39. The minimum absolute atomic E-state index is 0. The fourth-order valence-corrected chi connectivity index (χ4v) is 1.51. The molecule has 0 aromatic heterocycles. The highest BCUT2D eigenvalue weighted by atomic mass is 16.6. The van der Waals surface area contributed by atoms with Crippen molar-refractivity contribution in [1.29, 1.82) is 0 Å². The summed E-state index contributed by atoms with van der Waals surface area (Å²) in [5, 5.41) is 13.9. The minimum atomic E-state index is -1.83. The predicted octanol–water partition coefficient (Wildman–Crippen LogP) is 1.26. The molecule has 1 aliphatic rings. The highest BCUT2D eigenvalue weighted by molar-refractivity contribution is 5.53. The molecule has 1 heterocycles. The van der Waals surface area contributed by atoms with Crippen LogP contribution >= 0.6 is 0 Å². The van der Waals surface area contributed by atoms with E-state index in [1.165, 1.54) is 5.56 Å². The Bertz CT molecular complexity index is 377. The standard InChI is InChI=1S/C11H14N2.CH2O3.H2O/c1-12-7-8-13(10-12)9-11-5-3-2-4-6-11;2-1(3)4;/h2-8H,9-10H2,1H3;(H2,2,3,4);1H2. The number of carboxylic acid groups (broad SMARTS) is 2. The summed E-state index contributed by atoms with van der Waals surface area (Å²) in [6.45, 7) is 2.00. The van der Waals surface area contributed by atoms with Crippen LogP contribution in [0.15, 0.2) is 42.7 Å². The van der Waals surface area contributed by atoms with Gasteiger partial charge in [-0.05, 0) is 5.56 Å². The third-order valence-electron chi connectivity index (χ3n) is 2.17. The first kappa shape index (κ1) is 15.8. The second kappa shape index (κ2) is 7.97. The summed E-state index contributed by atoms with van der Waals surface area (Å²) in [5.41, 5.74) is 1.36. The van der Waals surface area contributed by atoms with E-state index < -0.39 is 6.16 Å². The van der Waals surface area contributed by atoms with Gasteiger partial charge in [0.15, 0.2) is 0 Å². The van der Waals surface area contributed by atoms with Crippen molar-refractivity contribution in [2.45, 2.75) is 6.54 Å². The lowest BCUT2D eigenvalue weighted by molar-refractivity contribution is 0.137. The molecule has 6 nitrogen and oxygen atoms in total. The van der Waals surface area contributed by atoms with Crippen LogP contribution in [-0.2, 0) is 6.54 Å². The minimum Gasteiger partial charge on any atom is -0.450 e. The lowest BCUT2D eigenvalue weighted by Crippen LogP contribution is -2.21. The molecule has 0 radical (unpaired) electrons. The van der Waals surface area contributed by atoms with E-state index in [4.69, 9.17) is 15.0 Å².